The van der Waals surface area contributed by atoms with Crippen LogP contribution in [0, 0.1) is 0 Å². The highest BCUT2D eigenvalue weighted by Crippen LogP contribution is 2.38. The molecular formula is C15H23NO4. The van der Waals surface area contributed by atoms with E-state index in [4.69, 9.17) is 14.2 Å². The molecule has 0 aromatic heterocycles. The van der Waals surface area contributed by atoms with Gasteiger partial charge >= 0.3 is 0 Å². The molecule has 0 saturated heterocycles. The summed E-state index contributed by atoms with van der Waals surface area (Å²) in [7, 11) is 4.58. The summed E-state index contributed by atoms with van der Waals surface area (Å²) in [6.07, 6.45) is 1.97. The number of benzene rings is 1. The molecule has 1 aromatic rings. The molecule has 5 nitrogen and oxygen atoms in total. The lowest BCUT2D eigenvalue weighted by molar-refractivity contribution is 0.0937. The van der Waals surface area contributed by atoms with Crippen LogP contribution < -0.4 is 19.5 Å². The van der Waals surface area contributed by atoms with Gasteiger partial charge in [-0.2, -0.15) is 0 Å². The molecule has 1 amide bonds. The average Bonchev–Trinajstić information content (AvgIpc) is 2.45. The number of ether oxygens (including phenoxy) is 3. The number of hydrogen-bond acceptors (Lipinski definition) is 4. The highest BCUT2D eigenvalue weighted by molar-refractivity contribution is 5.95. The Hall–Kier alpha value is -1.91. The van der Waals surface area contributed by atoms with E-state index in [0.29, 0.717) is 22.8 Å². The van der Waals surface area contributed by atoms with Gasteiger partial charge in [-0.25, -0.2) is 0 Å². The predicted octanol–water partition coefficient (Wildman–Crippen LogP) is 2.63. The molecule has 0 spiro atoms. The summed E-state index contributed by atoms with van der Waals surface area (Å²) in [5, 5.41) is 2.95. The lowest BCUT2D eigenvalue weighted by Gasteiger charge is -2.16. The fraction of sp³-hybridized carbons (Fsp3) is 0.533. The fourth-order valence-corrected chi connectivity index (χ4v) is 2.02. The SMILES string of the molecule is CCCC(C)NC(=O)c1cc(OC)c(OC)c(OC)c1. The maximum absolute atomic E-state index is 12.2. The molecule has 1 unspecified atom stereocenters. The maximum atomic E-state index is 12.2. The molecule has 0 saturated carbocycles. The predicted molar refractivity (Wildman–Crippen MR) is 77.9 cm³/mol. The standard InChI is InChI=1S/C15H23NO4/c1-6-7-10(2)16-15(17)11-8-12(18-3)14(20-5)13(9-11)19-4/h8-10H,6-7H2,1-5H3,(H,16,17). The first kappa shape index (κ1) is 16.1. The van der Waals surface area contributed by atoms with E-state index in [1.807, 2.05) is 6.92 Å². The van der Waals surface area contributed by atoms with Gasteiger partial charge in [0.05, 0.1) is 21.3 Å². The minimum atomic E-state index is -0.148. The summed E-state index contributed by atoms with van der Waals surface area (Å²) in [5.74, 6) is 1.28. The molecule has 1 aromatic carbocycles. The van der Waals surface area contributed by atoms with E-state index in [1.54, 1.807) is 12.1 Å². The van der Waals surface area contributed by atoms with Crippen LogP contribution in [-0.4, -0.2) is 33.3 Å². The van der Waals surface area contributed by atoms with E-state index in [2.05, 4.69) is 12.2 Å². The lowest BCUT2D eigenvalue weighted by Crippen LogP contribution is -2.32. The number of hydrogen-bond donors (Lipinski definition) is 1. The summed E-state index contributed by atoms with van der Waals surface area (Å²) in [4.78, 5) is 12.2. The van der Waals surface area contributed by atoms with Gasteiger partial charge in [-0.1, -0.05) is 13.3 Å². The first-order chi connectivity index (χ1) is 9.57. The molecule has 0 aliphatic heterocycles. The zero-order valence-corrected chi connectivity index (χ0v) is 12.8. The number of carbonyl (C=O) groups is 1. The molecule has 0 bridgehead atoms. The van der Waals surface area contributed by atoms with Crippen LogP contribution in [0.2, 0.25) is 0 Å². The lowest BCUT2D eigenvalue weighted by atomic mass is 10.1. The highest BCUT2D eigenvalue weighted by atomic mass is 16.5. The van der Waals surface area contributed by atoms with Crippen molar-refractivity contribution < 1.29 is 19.0 Å². The zero-order chi connectivity index (χ0) is 15.1. The van der Waals surface area contributed by atoms with Gasteiger partial charge in [-0.05, 0) is 25.5 Å². The average molecular weight is 281 g/mol. The Labute approximate surface area is 120 Å². The zero-order valence-electron chi connectivity index (χ0n) is 12.8. The molecule has 112 valence electrons. The van der Waals surface area contributed by atoms with Crippen LogP contribution >= 0.6 is 0 Å². The third-order valence-electron chi connectivity index (χ3n) is 3.03. The normalized spacial score (nSPS) is 11.7. The van der Waals surface area contributed by atoms with Crippen molar-refractivity contribution in [3.63, 3.8) is 0 Å². The van der Waals surface area contributed by atoms with Crippen LogP contribution in [0.5, 0.6) is 17.2 Å². The van der Waals surface area contributed by atoms with Gasteiger partial charge in [0.2, 0.25) is 5.75 Å². The summed E-state index contributed by atoms with van der Waals surface area (Å²) in [6, 6.07) is 3.43. The number of nitrogens with one attached hydrogen (secondary N) is 1. The second kappa shape index (κ2) is 7.62. The second-order valence-corrected chi connectivity index (χ2v) is 4.58. The van der Waals surface area contributed by atoms with Crippen molar-refractivity contribution in [2.45, 2.75) is 32.7 Å². The van der Waals surface area contributed by atoms with Crippen LogP contribution in [0.25, 0.3) is 0 Å². The van der Waals surface area contributed by atoms with Gasteiger partial charge in [-0.3, -0.25) is 4.79 Å². The van der Waals surface area contributed by atoms with Crippen LogP contribution in [0.15, 0.2) is 12.1 Å². The Kier molecular flexibility index (Phi) is 6.15. The van der Waals surface area contributed by atoms with Crippen molar-refractivity contribution in [2.24, 2.45) is 0 Å². The minimum absolute atomic E-state index is 0.131. The molecule has 0 aliphatic carbocycles. The summed E-state index contributed by atoms with van der Waals surface area (Å²) >= 11 is 0. The van der Waals surface area contributed by atoms with E-state index in [-0.39, 0.29) is 11.9 Å². The third-order valence-corrected chi connectivity index (χ3v) is 3.03. The van der Waals surface area contributed by atoms with Crippen LogP contribution in [0.3, 0.4) is 0 Å². The molecule has 5 heteroatoms. The van der Waals surface area contributed by atoms with Gasteiger partial charge in [0, 0.05) is 11.6 Å². The highest BCUT2D eigenvalue weighted by Gasteiger charge is 2.17. The smallest absolute Gasteiger partial charge is 0.251 e. The minimum Gasteiger partial charge on any atom is -0.493 e. The van der Waals surface area contributed by atoms with Crippen LogP contribution in [0.1, 0.15) is 37.0 Å². The van der Waals surface area contributed by atoms with E-state index >= 15 is 0 Å². The second-order valence-electron chi connectivity index (χ2n) is 4.58. The molecule has 0 fully saturated rings. The molecular weight excluding hydrogens is 258 g/mol. The first-order valence-electron chi connectivity index (χ1n) is 6.68. The van der Waals surface area contributed by atoms with Crippen molar-refractivity contribution in [2.75, 3.05) is 21.3 Å². The quantitative estimate of drug-likeness (QED) is 0.834. The Bertz CT molecular complexity index is 434. The van der Waals surface area contributed by atoms with Gasteiger partial charge in [-0.15, -0.1) is 0 Å². The van der Waals surface area contributed by atoms with Crippen molar-refractivity contribution in [3.8, 4) is 17.2 Å². The van der Waals surface area contributed by atoms with Crippen molar-refractivity contribution in [1.82, 2.24) is 5.32 Å². The van der Waals surface area contributed by atoms with E-state index < -0.39 is 0 Å². The monoisotopic (exact) mass is 281 g/mol. The topological polar surface area (TPSA) is 56.8 Å². The Morgan fingerprint density at radius 1 is 1.15 bits per heavy atom. The number of carbonyl (C=O) groups excluding carboxylic acids is 1. The Balaban J connectivity index is 3.03. The van der Waals surface area contributed by atoms with Crippen LogP contribution in [0.4, 0.5) is 0 Å². The van der Waals surface area contributed by atoms with E-state index in [1.165, 1.54) is 21.3 Å². The first-order valence-corrected chi connectivity index (χ1v) is 6.68. The molecule has 0 heterocycles. The van der Waals surface area contributed by atoms with E-state index in [0.717, 1.165) is 12.8 Å². The molecule has 20 heavy (non-hydrogen) atoms. The maximum Gasteiger partial charge on any atom is 0.251 e. The Morgan fingerprint density at radius 2 is 1.70 bits per heavy atom. The number of rotatable bonds is 7. The van der Waals surface area contributed by atoms with Gasteiger partial charge in [0.1, 0.15) is 0 Å². The number of amides is 1. The Morgan fingerprint density at radius 3 is 2.10 bits per heavy atom. The molecule has 1 atom stereocenters. The van der Waals surface area contributed by atoms with Gasteiger partial charge in [0.25, 0.3) is 5.91 Å². The molecule has 0 radical (unpaired) electrons. The summed E-state index contributed by atoms with van der Waals surface area (Å²) < 4.78 is 15.7. The fourth-order valence-electron chi connectivity index (χ4n) is 2.02. The summed E-state index contributed by atoms with van der Waals surface area (Å²) in [5.41, 5.74) is 0.488. The van der Waals surface area contributed by atoms with Crippen molar-refractivity contribution in [1.29, 1.82) is 0 Å². The van der Waals surface area contributed by atoms with E-state index in [9.17, 15) is 4.79 Å². The third kappa shape index (κ3) is 3.79. The molecule has 1 N–H and O–H groups in total. The van der Waals surface area contributed by atoms with Crippen molar-refractivity contribution >= 4 is 5.91 Å². The number of methoxy groups -OCH3 is 3. The van der Waals surface area contributed by atoms with Gasteiger partial charge < -0.3 is 19.5 Å². The summed E-state index contributed by atoms with van der Waals surface area (Å²) in [6.45, 7) is 4.07. The molecule has 1 rings (SSSR count). The molecule has 0 aliphatic rings. The van der Waals surface area contributed by atoms with Crippen molar-refractivity contribution in [3.05, 3.63) is 17.7 Å². The van der Waals surface area contributed by atoms with Gasteiger partial charge in [0.15, 0.2) is 11.5 Å². The largest absolute Gasteiger partial charge is 0.493 e. The van der Waals surface area contributed by atoms with Crippen LogP contribution in [-0.2, 0) is 0 Å².